The molecule has 4 aromatic rings. The fourth-order valence-corrected chi connectivity index (χ4v) is 3.14. The maximum atomic E-state index is 12.4. The summed E-state index contributed by atoms with van der Waals surface area (Å²) in [7, 11) is 4.91. The van der Waals surface area contributed by atoms with E-state index in [1.165, 1.54) is 30.1 Å². The average molecular weight is 437 g/mol. The van der Waals surface area contributed by atoms with Crippen LogP contribution in [0.5, 0.6) is 0 Å². The van der Waals surface area contributed by atoms with Crippen molar-refractivity contribution < 1.29 is 9.90 Å². The van der Waals surface area contributed by atoms with Crippen LogP contribution in [0.1, 0.15) is 22.1 Å². The first kappa shape index (κ1) is 22.6. The Kier molecular flexibility index (Phi) is 6.90. The van der Waals surface area contributed by atoms with Crippen LogP contribution in [-0.4, -0.2) is 46.8 Å². The highest BCUT2D eigenvalue weighted by Crippen LogP contribution is 2.14. The van der Waals surface area contributed by atoms with Crippen LogP contribution in [0.15, 0.2) is 64.8 Å². The second-order valence-electron chi connectivity index (χ2n) is 6.92. The molecule has 0 saturated heterocycles. The largest absolute Gasteiger partial charge is 0.478 e. The van der Waals surface area contributed by atoms with Crippen LogP contribution < -0.4 is 16.6 Å². The number of imidazole rings is 1. The van der Waals surface area contributed by atoms with Crippen LogP contribution in [0, 0.1) is 0 Å². The first-order chi connectivity index (χ1) is 15.3. The number of fused-ring (bicyclic) bond motifs is 1. The Morgan fingerprint density at radius 1 is 1.09 bits per heavy atom. The molecular formula is C21H23N7O4. The van der Waals surface area contributed by atoms with E-state index in [1.807, 2.05) is 25.2 Å². The summed E-state index contributed by atoms with van der Waals surface area (Å²) < 4.78 is 4.23. The van der Waals surface area contributed by atoms with Crippen molar-refractivity contribution in [1.29, 1.82) is 0 Å². The summed E-state index contributed by atoms with van der Waals surface area (Å²) in [5, 5.41) is 11.5. The number of hydrogen-bond acceptors (Lipinski definition) is 7. The Bertz CT molecular complexity index is 1330. The Labute approximate surface area is 182 Å². The monoisotopic (exact) mass is 437 g/mol. The van der Waals surface area contributed by atoms with Gasteiger partial charge < -0.3 is 15.0 Å². The maximum Gasteiger partial charge on any atom is 0.337 e. The van der Waals surface area contributed by atoms with E-state index in [1.54, 1.807) is 30.2 Å². The van der Waals surface area contributed by atoms with E-state index >= 15 is 0 Å². The highest BCUT2D eigenvalue weighted by atomic mass is 16.4. The highest BCUT2D eigenvalue weighted by molar-refractivity contribution is 5.86. The minimum atomic E-state index is -0.942. The van der Waals surface area contributed by atoms with Gasteiger partial charge in [-0.3, -0.25) is 23.9 Å². The molecular weight excluding hydrogens is 414 g/mol. The fraction of sp³-hybridized carbons (Fsp3) is 0.238. The van der Waals surface area contributed by atoms with Gasteiger partial charge in [-0.1, -0.05) is 6.07 Å². The molecule has 1 unspecified atom stereocenters. The van der Waals surface area contributed by atoms with Crippen molar-refractivity contribution in [2.75, 3.05) is 7.05 Å². The number of nitrogens with zero attached hydrogens (tertiary/aromatic N) is 6. The molecule has 11 nitrogen and oxygen atoms in total. The number of nitrogens with one attached hydrogen (secondary N) is 1. The van der Waals surface area contributed by atoms with E-state index in [0.29, 0.717) is 17.7 Å². The zero-order valence-corrected chi connectivity index (χ0v) is 17.8. The molecule has 32 heavy (non-hydrogen) atoms. The lowest BCUT2D eigenvalue weighted by Gasteiger charge is -2.16. The molecule has 0 bridgehead atoms. The van der Waals surface area contributed by atoms with Gasteiger partial charge in [0, 0.05) is 39.2 Å². The van der Waals surface area contributed by atoms with Gasteiger partial charge in [0.1, 0.15) is 0 Å². The number of carboxylic acid groups (broad SMARTS) is 1. The lowest BCUT2D eigenvalue weighted by molar-refractivity contribution is 0.0696. The first-order valence-electron chi connectivity index (χ1n) is 9.67. The number of aromatic carboxylic acids is 1. The molecule has 0 aliphatic carbocycles. The van der Waals surface area contributed by atoms with Gasteiger partial charge in [-0.25, -0.2) is 14.6 Å². The van der Waals surface area contributed by atoms with E-state index < -0.39 is 5.97 Å². The molecule has 0 saturated carbocycles. The maximum absolute atomic E-state index is 12.4. The van der Waals surface area contributed by atoms with Crippen LogP contribution in [0.2, 0.25) is 0 Å². The van der Waals surface area contributed by atoms with Crippen LogP contribution in [0.25, 0.3) is 11.2 Å². The molecule has 2 N–H and O–H groups in total. The quantitative estimate of drug-likeness (QED) is 0.462. The summed E-state index contributed by atoms with van der Waals surface area (Å²) in [5.41, 5.74) is 1.15. The lowest BCUT2D eigenvalue weighted by Crippen LogP contribution is -2.37. The second-order valence-corrected chi connectivity index (χ2v) is 6.92. The van der Waals surface area contributed by atoms with Crippen LogP contribution in [0.3, 0.4) is 0 Å². The summed E-state index contributed by atoms with van der Waals surface area (Å²) in [6.07, 6.45) is 6.15. The first-order valence-corrected chi connectivity index (χ1v) is 9.67. The zero-order valence-electron chi connectivity index (χ0n) is 17.8. The van der Waals surface area contributed by atoms with Gasteiger partial charge in [0.15, 0.2) is 11.2 Å². The summed E-state index contributed by atoms with van der Waals surface area (Å²) in [4.78, 5) is 46.8. The van der Waals surface area contributed by atoms with Gasteiger partial charge in [-0.15, -0.1) is 0 Å². The molecule has 0 amide bonds. The number of likely N-dealkylation sites (N-methyl/N-ethyl adjacent to an activating group) is 1. The van der Waals surface area contributed by atoms with Crippen molar-refractivity contribution in [1.82, 2.24) is 34.0 Å². The van der Waals surface area contributed by atoms with E-state index in [2.05, 4.69) is 20.3 Å². The van der Waals surface area contributed by atoms with Crippen molar-refractivity contribution >= 4 is 17.1 Å². The third-order valence-corrected chi connectivity index (χ3v) is 4.90. The zero-order chi connectivity index (χ0) is 23.3. The standard InChI is InChI=1S/C15H18N6O2.C6H5NO2/c1-16-11(10-6-4-5-7-17-10)8-21-9-18-13-12(21)14(22)20(3)15(23)19(13)2;8-6(9)5-2-1-3-7-4-5/h4-7,9,11,16H,8H2,1-3H3;1-4H,(H,8,9). The van der Waals surface area contributed by atoms with Crippen molar-refractivity contribution in [3.63, 3.8) is 0 Å². The van der Waals surface area contributed by atoms with Gasteiger partial charge in [-0.2, -0.15) is 0 Å². The smallest absolute Gasteiger partial charge is 0.337 e. The van der Waals surface area contributed by atoms with Crippen molar-refractivity contribution in [3.05, 3.63) is 87.3 Å². The Hall–Kier alpha value is -4.12. The number of aryl methyl sites for hydroxylation is 1. The van der Waals surface area contributed by atoms with Crippen LogP contribution >= 0.6 is 0 Å². The molecule has 166 valence electrons. The predicted molar refractivity (Wildman–Crippen MR) is 117 cm³/mol. The molecule has 11 heteroatoms. The highest BCUT2D eigenvalue weighted by Gasteiger charge is 2.17. The summed E-state index contributed by atoms with van der Waals surface area (Å²) >= 11 is 0. The van der Waals surface area contributed by atoms with Crippen molar-refractivity contribution in [2.24, 2.45) is 14.1 Å². The molecule has 1 atom stereocenters. The third-order valence-electron chi connectivity index (χ3n) is 4.90. The van der Waals surface area contributed by atoms with E-state index in [0.717, 1.165) is 10.3 Å². The van der Waals surface area contributed by atoms with Crippen LogP contribution in [0.4, 0.5) is 0 Å². The normalized spacial score (nSPS) is 11.6. The summed E-state index contributed by atoms with van der Waals surface area (Å²) in [5.74, 6) is -0.942. The van der Waals surface area contributed by atoms with E-state index in [4.69, 9.17) is 5.11 Å². The number of pyridine rings is 2. The topological polar surface area (TPSA) is 137 Å². The van der Waals surface area contributed by atoms with Crippen LogP contribution in [-0.2, 0) is 20.6 Å². The van der Waals surface area contributed by atoms with Gasteiger partial charge in [0.2, 0.25) is 0 Å². The second kappa shape index (κ2) is 9.79. The Morgan fingerprint density at radius 2 is 1.88 bits per heavy atom. The molecule has 0 aliphatic rings. The Balaban J connectivity index is 0.000000269. The molecule has 0 aromatic carbocycles. The van der Waals surface area contributed by atoms with E-state index in [-0.39, 0.29) is 22.9 Å². The van der Waals surface area contributed by atoms with Gasteiger partial charge in [-0.05, 0) is 31.3 Å². The number of carbonyl (C=O) groups is 1. The fourth-order valence-electron chi connectivity index (χ4n) is 3.14. The number of rotatable bonds is 5. The van der Waals surface area contributed by atoms with Gasteiger partial charge >= 0.3 is 11.7 Å². The minimum absolute atomic E-state index is 0.0736. The SMILES string of the molecule is CNC(Cn1cnc2c1c(=O)n(C)c(=O)n2C)c1ccccn1.O=C(O)c1cccnc1. The molecule has 4 rings (SSSR count). The molecule has 0 fully saturated rings. The molecule has 0 radical (unpaired) electrons. The van der Waals surface area contributed by atoms with Gasteiger partial charge in [0.05, 0.1) is 23.6 Å². The predicted octanol–water partition coefficient (Wildman–Crippen LogP) is 0.569. The number of aromatic nitrogens is 6. The van der Waals surface area contributed by atoms with Crippen molar-refractivity contribution in [2.45, 2.75) is 12.6 Å². The summed E-state index contributed by atoms with van der Waals surface area (Å²) in [6, 6.07) is 8.71. The Morgan fingerprint density at radius 3 is 2.44 bits per heavy atom. The molecule has 4 heterocycles. The van der Waals surface area contributed by atoms with Gasteiger partial charge in [0.25, 0.3) is 5.56 Å². The number of carboxylic acids is 1. The third kappa shape index (κ3) is 4.62. The molecule has 0 spiro atoms. The van der Waals surface area contributed by atoms with E-state index in [9.17, 15) is 14.4 Å². The minimum Gasteiger partial charge on any atom is -0.478 e. The average Bonchev–Trinajstić information content (AvgIpc) is 3.25. The molecule has 0 aliphatic heterocycles. The molecule has 4 aromatic heterocycles. The number of hydrogen-bond donors (Lipinski definition) is 2. The summed E-state index contributed by atoms with van der Waals surface area (Å²) in [6.45, 7) is 0.484. The van der Waals surface area contributed by atoms with Crippen molar-refractivity contribution in [3.8, 4) is 0 Å². The lowest BCUT2D eigenvalue weighted by atomic mass is 10.2.